The number of hydrogen-bond acceptors (Lipinski definition) is 5. The molecule has 8 nitrogen and oxygen atoms in total. The second kappa shape index (κ2) is 11.6. The van der Waals surface area contributed by atoms with Crippen LogP contribution in [0.5, 0.6) is 11.5 Å². The zero-order chi connectivity index (χ0) is 30.1. The molecule has 0 radical (unpaired) electrons. The fourth-order valence-corrected chi connectivity index (χ4v) is 5.78. The van der Waals surface area contributed by atoms with Crippen LogP contribution in [-0.2, 0) is 4.79 Å². The van der Waals surface area contributed by atoms with Crippen LogP contribution in [0.25, 0.3) is 10.8 Å². The van der Waals surface area contributed by atoms with Gasteiger partial charge in [-0.25, -0.2) is 4.39 Å². The topological polar surface area (TPSA) is 114 Å². The fraction of sp³-hybridized carbons (Fsp3) is 0.424. The molecular weight excluding hydrogens is 539 g/mol. The van der Waals surface area contributed by atoms with Gasteiger partial charge < -0.3 is 25.2 Å². The van der Waals surface area contributed by atoms with Gasteiger partial charge in [0.25, 0.3) is 11.8 Å². The summed E-state index contributed by atoms with van der Waals surface area (Å²) in [6, 6.07) is 13.5. The maximum absolute atomic E-state index is 15.0. The van der Waals surface area contributed by atoms with Crippen molar-refractivity contribution < 1.29 is 33.4 Å². The highest BCUT2D eigenvalue weighted by molar-refractivity contribution is 6.12. The van der Waals surface area contributed by atoms with Crippen LogP contribution in [0, 0.1) is 16.6 Å². The third-order valence-corrected chi connectivity index (χ3v) is 8.96. The lowest BCUT2D eigenvalue weighted by Gasteiger charge is -2.38. The maximum atomic E-state index is 15.0. The van der Waals surface area contributed by atoms with Crippen LogP contribution < -0.4 is 20.1 Å². The lowest BCUT2D eigenvalue weighted by molar-refractivity contribution is -0.150. The molecule has 2 aliphatic rings. The second-order valence-electron chi connectivity index (χ2n) is 12.2. The largest absolute Gasteiger partial charge is 0.496 e. The lowest BCUT2D eigenvalue weighted by atomic mass is 9.70. The predicted molar refractivity (Wildman–Crippen MR) is 158 cm³/mol. The van der Waals surface area contributed by atoms with Crippen LogP contribution in [0.2, 0.25) is 0 Å². The number of halogens is 1. The highest BCUT2D eigenvalue weighted by Gasteiger charge is 2.38. The third-order valence-electron chi connectivity index (χ3n) is 8.96. The average Bonchev–Trinajstić information content (AvgIpc) is 2.96. The Kier molecular flexibility index (Phi) is 8.12. The van der Waals surface area contributed by atoms with E-state index in [4.69, 9.17) is 9.47 Å². The molecule has 3 aromatic rings. The second-order valence-corrected chi connectivity index (χ2v) is 12.2. The van der Waals surface area contributed by atoms with Gasteiger partial charge in [0.05, 0.1) is 35.4 Å². The van der Waals surface area contributed by atoms with Crippen molar-refractivity contribution in [2.75, 3.05) is 19.0 Å². The van der Waals surface area contributed by atoms with E-state index in [1.807, 2.05) is 24.3 Å². The van der Waals surface area contributed by atoms with Gasteiger partial charge in [-0.15, -0.1) is 0 Å². The number of carbonyl (C=O) groups excluding carboxylic acids is 2. The van der Waals surface area contributed by atoms with Crippen molar-refractivity contribution in [3.63, 3.8) is 0 Å². The Hall–Kier alpha value is -4.14. The van der Waals surface area contributed by atoms with Crippen molar-refractivity contribution in [3.05, 3.63) is 65.5 Å². The molecule has 3 N–H and O–H groups in total. The van der Waals surface area contributed by atoms with Crippen LogP contribution in [0.3, 0.4) is 0 Å². The number of anilines is 1. The van der Waals surface area contributed by atoms with Crippen molar-refractivity contribution in [2.24, 2.45) is 10.8 Å². The number of nitrogens with one attached hydrogen (secondary N) is 2. The van der Waals surface area contributed by atoms with Crippen molar-refractivity contribution in [2.45, 2.75) is 64.9 Å². The Morgan fingerprint density at radius 1 is 0.929 bits per heavy atom. The van der Waals surface area contributed by atoms with Crippen molar-refractivity contribution in [3.8, 4) is 11.5 Å². The summed E-state index contributed by atoms with van der Waals surface area (Å²) in [5.74, 6) is -2.52. The van der Waals surface area contributed by atoms with Crippen molar-refractivity contribution >= 4 is 34.2 Å². The number of rotatable bonds is 9. The van der Waals surface area contributed by atoms with E-state index >= 15 is 4.39 Å². The summed E-state index contributed by atoms with van der Waals surface area (Å²) < 4.78 is 26.3. The summed E-state index contributed by atoms with van der Waals surface area (Å²) in [4.78, 5) is 38.6. The molecule has 0 aromatic heterocycles. The first-order valence-electron chi connectivity index (χ1n) is 14.4. The summed E-state index contributed by atoms with van der Waals surface area (Å²) >= 11 is 0. The van der Waals surface area contributed by atoms with Crippen molar-refractivity contribution in [1.82, 2.24) is 5.32 Å². The van der Waals surface area contributed by atoms with E-state index < -0.39 is 23.1 Å². The van der Waals surface area contributed by atoms with Gasteiger partial charge in [-0.3, -0.25) is 14.4 Å². The number of carboxylic acid groups (broad SMARTS) is 1. The van der Waals surface area contributed by atoms with E-state index in [2.05, 4.69) is 17.6 Å². The molecular formula is C33H37FN2O6. The molecule has 0 saturated heterocycles. The third kappa shape index (κ3) is 6.05. The smallest absolute Gasteiger partial charge is 0.309 e. The van der Waals surface area contributed by atoms with Gasteiger partial charge in [0, 0.05) is 12.6 Å². The number of fused-ring (bicyclic) bond motifs is 1. The Bertz CT molecular complexity index is 1520. The fourth-order valence-electron chi connectivity index (χ4n) is 5.78. The lowest BCUT2D eigenvalue weighted by Crippen LogP contribution is -2.40. The first kappa shape index (κ1) is 29.4. The van der Waals surface area contributed by atoms with Gasteiger partial charge in [0.1, 0.15) is 5.75 Å². The Labute approximate surface area is 244 Å². The highest BCUT2D eigenvalue weighted by atomic mass is 19.1. The number of amides is 2. The molecule has 0 spiro atoms. The quantitative estimate of drug-likeness (QED) is 0.265. The van der Waals surface area contributed by atoms with Gasteiger partial charge in [-0.1, -0.05) is 37.6 Å². The zero-order valence-corrected chi connectivity index (χ0v) is 24.2. The monoisotopic (exact) mass is 576 g/mol. The molecule has 0 aliphatic heterocycles. The molecule has 2 fully saturated rings. The SMILES string of the molecule is COc1cc(F)c(O[C@H]2CC[C@@](C)(C(=O)O)CC2)cc1C(=O)Nc1cc2ccccc2cc1C(=O)NCC1(C)CCC1. The summed E-state index contributed by atoms with van der Waals surface area (Å²) in [5.41, 5.74) is -0.0573. The standard InChI is InChI=1S/C33H37FN2O6/c1-32(11-6-12-32)19-35-29(37)23-15-20-7-4-5-8-21(20)16-26(23)36-30(38)24-17-28(25(34)18-27(24)41-3)42-22-9-13-33(2,14-10-22)31(39)40/h4-5,7-8,15-18,22H,6,9-14,19H2,1-3H3,(H,35,37)(H,36,38)(H,39,40)/t22-,33+. The molecule has 0 unspecified atom stereocenters. The van der Waals surface area contributed by atoms with E-state index in [0.717, 1.165) is 36.1 Å². The Balaban J connectivity index is 1.40. The molecule has 9 heteroatoms. The molecule has 0 bridgehead atoms. The molecule has 0 heterocycles. The molecule has 222 valence electrons. The van der Waals surface area contributed by atoms with Gasteiger partial charge in [-0.2, -0.15) is 0 Å². The molecule has 0 atom stereocenters. The van der Waals surface area contributed by atoms with Crippen LogP contribution in [0.4, 0.5) is 10.1 Å². The maximum Gasteiger partial charge on any atom is 0.309 e. The van der Waals surface area contributed by atoms with Crippen LogP contribution in [0.15, 0.2) is 48.5 Å². The Morgan fingerprint density at radius 2 is 1.60 bits per heavy atom. The zero-order valence-electron chi connectivity index (χ0n) is 24.2. The minimum atomic E-state index is -0.852. The Morgan fingerprint density at radius 3 is 2.19 bits per heavy atom. The average molecular weight is 577 g/mol. The van der Waals surface area contributed by atoms with Gasteiger partial charge in [0.15, 0.2) is 11.6 Å². The van der Waals surface area contributed by atoms with Crippen molar-refractivity contribution in [1.29, 1.82) is 0 Å². The summed E-state index contributed by atoms with van der Waals surface area (Å²) in [6.45, 7) is 4.40. The molecule has 2 saturated carbocycles. The van der Waals surface area contributed by atoms with E-state index in [9.17, 15) is 19.5 Å². The first-order chi connectivity index (χ1) is 20.0. The summed E-state index contributed by atoms with van der Waals surface area (Å²) in [6.07, 6.45) is 4.59. The number of methoxy groups -OCH3 is 1. The molecule has 5 rings (SSSR count). The number of benzene rings is 3. The highest BCUT2D eigenvalue weighted by Crippen LogP contribution is 2.40. The summed E-state index contributed by atoms with van der Waals surface area (Å²) in [7, 11) is 1.34. The molecule has 2 amide bonds. The van der Waals surface area contributed by atoms with E-state index in [1.165, 1.54) is 13.2 Å². The molecule has 3 aromatic carbocycles. The van der Waals surface area contributed by atoms with Gasteiger partial charge >= 0.3 is 5.97 Å². The predicted octanol–water partition coefficient (Wildman–Crippen LogP) is 6.57. The van der Waals surface area contributed by atoms with E-state index in [1.54, 1.807) is 19.1 Å². The van der Waals surface area contributed by atoms with Crippen LogP contribution >= 0.6 is 0 Å². The minimum Gasteiger partial charge on any atom is -0.496 e. The first-order valence-corrected chi connectivity index (χ1v) is 14.4. The number of carboxylic acids is 1. The summed E-state index contributed by atoms with van der Waals surface area (Å²) in [5, 5.41) is 17.1. The van der Waals surface area contributed by atoms with Gasteiger partial charge in [-0.05, 0) is 79.8 Å². The molecule has 42 heavy (non-hydrogen) atoms. The number of ether oxygens (including phenoxy) is 2. The van der Waals surface area contributed by atoms with Crippen LogP contribution in [0.1, 0.15) is 79.5 Å². The normalized spacial score (nSPS) is 21.2. The van der Waals surface area contributed by atoms with Gasteiger partial charge in [0.2, 0.25) is 0 Å². The number of hydrogen-bond donors (Lipinski definition) is 3. The minimum absolute atomic E-state index is 0.0177. The number of aliphatic carboxylic acids is 1. The molecule has 2 aliphatic carbocycles. The van der Waals surface area contributed by atoms with E-state index in [0.29, 0.717) is 43.5 Å². The number of carbonyl (C=O) groups is 3. The van der Waals surface area contributed by atoms with Crippen LogP contribution in [-0.4, -0.2) is 42.6 Å². The van der Waals surface area contributed by atoms with E-state index in [-0.39, 0.29) is 34.5 Å².